The highest BCUT2D eigenvalue weighted by molar-refractivity contribution is 7.92. The third kappa shape index (κ3) is 4.20. The van der Waals surface area contributed by atoms with Crippen molar-refractivity contribution in [2.45, 2.75) is 30.6 Å². The summed E-state index contributed by atoms with van der Waals surface area (Å²) in [6.45, 7) is 4.59. The van der Waals surface area contributed by atoms with Gasteiger partial charge in [0.05, 0.1) is 9.79 Å². The zero-order chi connectivity index (χ0) is 19.7. The molecule has 2 aromatic rings. The Labute approximate surface area is 152 Å². The molecule has 0 unspecified atom stereocenters. The van der Waals surface area contributed by atoms with Crippen molar-refractivity contribution < 1.29 is 21.8 Å². The van der Waals surface area contributed by atoms with Gasteiger partial charge in [0.1, 0.15) is 0 Å². The molecule has 0 atom stereocenters. The first-order valence-electron chi connectivity index (χ1n) is 7.48. The molecule has 26 heavy (non-hydrogen) atoms. The van der Waals surface area contributed by atoms with Gasteiger partial charge in [0.25, 0.3) is 10.0 Å². The minimum Gasteiger partial charge on any atom is -0.280 e. The highest BCUT2D eigenvalue weighted by Crippen LogP contribution is 2.27. The second kappa shape index (κ2) is 7.04. The molecule has 8 nitrogen and oxygen atoms in total. The van der Waals surface area contributed by atoms with Gasteiger partial charge in [-0.25, -0.2) is 16.8 Å². The lowest BCUT2D eigenvalue weighted by Crippen LogP contribution is -2.18. The van der Waals surface area contributed by atoms with Gasteiger partial charge in [0.2, 0.25) is 9.84 Å². The molecule has 1 N–H and O–H groups in total. The number of hydrogen-bond donors (Lipinski definition) is 1. The molecule has 0 saturated heterocycles. The molecule has 0 bridgehead atoms. The van der Waals surface area contributed by atoms with Crippen LogP contribution >= 0.6 is 0 Å². The summed E-state index contributed by atoms with van der Waals surface area (Å²) < 4.78 is 51.9. The maximum atomic E-state index is 12.6. The summed E-state index contributed by atoms with van der Waals surface area (Å²) in [6, 6.07) is 9.14. The minimum atomic E-state index is -4.12. The molecule has 0 saturated carbocycles. The smallest absolute Gasteiger partial charge is 0.280 e. The molecule has 10 heteroatoms. The van der Waals surface area contributed by atoms with Gasteiger partial charge in [-0.05, 0) is 55.7 Å². The van der Waals surface area contributed by atoms with Crippen molar-refractivity contribution in [1.82, 2.24) is 0 Å². The van der Waals surface area contributed by atoms with Crippen molar-refractivity contribution in [2.75, 3.05) is 10.6 Å². The number of aryl methyl sites for hydroxylation is 3. The third-order valence-corrected chi connectivity index (χ3v) is 7.04. The van der Waals surface area contributed by atoms with E-state index in [0.29, 0.717) is 5.56 Å². The van der Waals surface area contributed by atoms with Gasteiger partial charge in [-0.3, -0.25) is 14.8 Å². The minimum absolute atomic E-state index is 0.111. The van der Waals surface area contributed by atoms with E-state index in [9.17, 15) is 26.9 Å². The van der Waals surface area contributed by atoms with Gasteiger partial charge < -0.3 is 0 Å². The number of nitro groups is 1. The van der Waals surface area contributed by atoms with E-state index in [0.717, 1.165) is 0 Å². The molecule has 0 spiro atoms. The lowest BCUT2D eigenvalue weighted by atomic mass is 10.1. The Morgan fingerprint density at radius 2 is 1.50 bits per heavy atom. The van der Waals surface area contributed by atoms with Crippen LogP contribution in [0.25, 0.3) is 0 Å². The topological polar surface area (TPSA) is 123 Å². The third-order valence-electron chi connectivity index (χ3n) is 3.68. The van der Waals surface area contributed by atoms with Crippen LogP contribution in [-0.2, 0) is 19.9 Å². The van der Waals surface area contributed by atoms with Gasteiger partial charge in [-0.15, -0.1) is 0 Å². The van der Waals surface area contributed by atoms with E-state index in [1.54, 1.807) is 25.1 Å². The first-order chi connectivity index (χ1) is 11.9. The molecular formula is C16H18N2O6S2. The fraction of sp³-hybridized carbons (Fsp3) is 0.250. The number of rotatable bonds is 6. The van der Waals surface area contributed by atoms with Gasteiger partial charge in [0.15, 0.2) is 0 Å². The standard InChI is InChI=1S/C16H18N2O6S2/c1-11-6-4-5-7-15(11)26(23,24)17-14-8-12(2)16(13(3)9-14)25(21,22)10-18(19)20/h4-9,17H,10H2,1-3H3. The molecule has 0 radical (unpaired) electrons. The van der Waals surface area contributed by atoms with Crippen LogP contribution in [0.2, 0.25) is 0 Å². The zero-order valence-corrected chi connectivity index (χ0v) is 16.0. The van der Waals surface area contributed by atoms with Crippen LogP contribution in [0.15, 0.2) is 46.2 Å². The fourth-order valence-electron chi connectivity index (χ4n) is 2.77. The van der Waals surface area contributed by atoms with Gasteiger partial charge in [0, 0.05) is 10.6 Å². The number of sulfonamides is 1. The number of nitrogens with zero attached hydrogens (tertiary/aromatic N) is 1. The SMILES string of the molecule is Cc1ccccc1S(=O)(=O)Nc1cc(C)c(S(=O)(=O)C[N+](=O)[O-])c(C)c1. The largest absolute Gasteiger partial charge is 0.305 e. The Kier molecular flexibility index (Phi) is 5.38. The molecule has 0 aliphatic heterocycles. The molecule has 140 valence electrons. The van der Waals surface area contributed by atoms with Crippen LogP contribution in [0, 0.1) is 30.9 Å². The maximum Gasteiger partial charge on any atom is 0.305 e. The predicted molar refractivity (Wildman–Crippen MR) is 97.0 cm³/mol. The molecule has 0 fully saturated rings. The second-order valence-electron chi connectivity index (χ2n) is 5.89. The van der Waals surface area contributed by atoms with Crippen molar-refractivity contribution >= 4 is 25.5 Å². The molecule has 0 aliphatic rings. The highest BCUT2D eigenvalue weighted by atomic mass is 32.2. The van der Waals surface area contributed by atoms with Gasteiger partial charge in [-0.2, -0.15) is 0 Å². The molecule has 2 rings (SSSR count). The fourth-order valence-corrected chi connectivity index (χ4v) is 5.56. The van der Waals surface area contributed by atoms with E-state index in [2.05, 4.69) is 4.72 Å². The summed E-state index contributed by atoms with van der Waals surface area (Å²) in [5.74, 6) is -1.22. The molecular weight excluding hydrogens is 380 g/mol. The number of sulfone groups is 1. The Balaban J connectivity index is 2.46. The van der Waals surface area contributed by atoms with Crippen molar-refractivity contribution in [3.8, 4) is 0 Å². The van der Waals surface area contributed by atoms with Gasteiger partial charge in [-0.1, -0.05) is 18.2 Å². The number of hydrogen-bond acceptors (Lipinski definition) is 6. The second-order valence-corrected chi connectivity index (χ2v) is 9.43. The first kappa shape index (κ1) is 19.9. The van der Waals surface area contributed by atoms with Crippen LogP contribution < -0.4 is 4.72 Å². The van der Waals surface area contributed by atoms with Crippen molar-refractivity contribution in [2.24, 2.45) is 0 Å². The number of nitrogens with one attached hydrogen (secondary N) is 1. The molecule has 2 aromatic carbocycles. The van der Waals surface area contributed by atoms with Crippen LogP contribution in [0.5, 0.6) is 0 Å². The van der Waals surface area contributed by atoms with Crippen LogP contribution in [0.4, 0.5) is 5.69 Å². The zero-order valence-electron chi connectivity index (χ0n) is 14.4. The molecule has 0 aliphatic carbocycles. The van der Waals surface area contributed by atoms with E-state index in [1.165, 1.54) is 32.0 Å². The van der Waals surface area contributed by atoms with E-state index < -0.39 is 30.7 Å². The Morgan fingerprint density at radius 1 is 0.962 bits per heavy atom. The van der Waals surface area contributed by atoms with Crippen LogP contribution in [0.1, 0.15) is 16.7 Å². The average Bonchev–Trinajstić information content (AvgIpc) is 2.44. The molecule has 0 aromatic heterocycles. The van der Waals surface area contributed by atoms with Crippen LogP contribution in [0.3, 0.4) is 0 Å². The van der Waals surface area contributed by atoms with Crippen LogP contribution in [-0.4, -0.2) is 27.6 Å². The molecule has 0 amide bonds. The average molecular weight is 398 g/mol. The lowest BCUT2D eigenvalue weighted by Gasteiger charge is -2.14. The van der Waals surface area contributed by atoms with Crippen molar-refractivity contribution in [1.29, 1.82) is 0 Å². The normalized spacial score (nSPS) is 12.0. The molecule has 0 heterocycles. The lowest BCUT2D eigenvalue weighted by molar-refractivity contribution is -0.458. The van der Waals surface area contributed by atoms with Gasteiger partial charge >= 0.3 is 5.88 Å². The maximum absolute atomic E-state index is 12.6. The Bertz CT molecular complexity index is 1050. The Hall–Kier alpha value is -2.46. The Morgan fingerprint density at radius 3 is 2.00 bits per heavy atom. The van der Waals surface area contributed by atoms with E-state index in [-0.39, 0.29) is 26.6 Å². The monoisotopic (exact) mass is 398 g/mol. The predicted octanol–water partition coefficient (Wildman–Crippen LogP) is 2.42. The summed E-state index contributed by atoms with van der Waals surface area (Å²) >= 11 is 0. The number of anilines is 1. The quantitative estimate of drug-likeness (QED) is 0.589. The van der Waals surface area contributed by atoms with E-state index >= 15 is 0 Å². The van der Waals surface area contributed by atoms with E-state index in [4.69, 9.17) is 0 Å². The highest BCUT2D eigenvalue weighted by Gasteiger charge is 2.26. The summed E-state index contributed by atoms with van der Waals surface area (Å²) in [5.41, 5.74) is 1.21. The van der Waals surface area contributed by atoms with Crippen molar-refractivity contribution in [3.05, 3.63) is 63.2 Å². The summed E-state index contributed by atoms with van der Waals surface area (Å²) in [6.07, 6.45) is 0. The summed E-state index contributed by atoms with van der Waals surface area (Å²) in [5, 5.41) is 10.6. The summed E-state index contributed by atoms with van der Waals surface area (Å²) in [4.78, 5) is 9.63. The van der Waals surface area contributed by atoms with Crippen molar-refractivity contribution in [3.63, 3.8) is 0 Å². The number of benzene rings is 2. The first-order valence-corrected chi connectivity index (χ1v) is 10.6. The van der Waals surface area contributed by atoms with E-state index in [1.807, 2.05) is 0 Å². The summed E-state index contributed by atoms with van der Waals surface area (Å²) in [7, 11) is -7.97.